The van der Waals surface area contributed by atoms with E-state index in [0.717, 1.165) is 63.2 Å². The van der Waals surface area contributed by atoms with Crippen molar-refractivity contribution >= 4 is 23.4 Å². The molecule has 1 aromatic carbocycles. The maximum Gasteiger partial charge on any atom is 0.245 e. The van der Waals surface area contributed by atoms with Crippen molar-refractivity contribution in [2.45, 2.75) is 57.9 Å². The van der Waals surface area contributed by atoms with Crippen LogP contribution in [0.4, 0.5) is 0 Å². The van der Waals surface area contributed by atoms with Crippen LogP contribution in [-0.4, -0.2) is 47.3 Å². The van der Waals surface area contributed by atoms with E-state index in [0.29, 0.717) is 12.3 Å². The monoisotopic (exact) mass is 376 g/mol. The Balaban J connectivity index is 1.49. The molecule has 1 atom stereocenters. The molecule has 0 aliphatic carbocycles. The summed E-state index contributed by atoms with van der Waals surface area (Å²) in [6.45, 7) is 4.65. The molecule has 0 bridgehead atoms. The van der Waals surface area contributed by atoms with Crippen LogP contribution >= 0.6 is 11.6 Å². The van der Waals surface area contributed by atoms with Crippen LogP contribution in [-0.2, 0) is 16.0 Å². The van der Waals surface area contributed by atoms with Crippen LogP contribution in [0.25, 0.3) is 0 Å². The van der Waals surface area contributed by atoms with Gasteiger partial charge >= 0.3 is 0 Å². The first-order chi connectivity index (χ1) is 12.5. The predicted molar refractivity (Wildman–Crippen MR) is 104 cm³/mol. The van der Waals surface area contributed by atoms with E-state index >= 15 is 0 Å². The lowest BCUT2D eigenvalue weighted by molar-refractivity contribution is -0.144. The van der Waals surface area contributed by atoms with Gasteiger partial charge in [-0.1, -0.05) is 30.7 Å². The summed E-state index contributed by atoms with van der Waals surface area (Å²) in [7, 11) is 0. The minimum absolute atomic E-state index is 0.125. The summed E-state index contributed by atoms with van der Waals surface area (Å²) in [6, 6.07) is 7.55. The van der Waals surface area contributed by atoms with Gasteiger partial charge in [-0.15, -0.1) is 0 Å². The van der Waals surface area contributed by atoms with E-state index in [1.165, 1.54) is 5.56 Å². The van der Waals surface area contributed by atoms with Gasteiger partial charge in [-0.2, -0.15) is 0 Å². The zero-order valence-corrected chi connectivity index (χ0v) is 16.4. The average Bonchev–Trinajstić information content (AvgIpc) is 3.13. The van der Waals surface area contributed by atoms with Crippen molar-refractivity contribution in [3.8, 4) is 0 Å². The first kappa shape index (κ1) is 19.2. The molecule has 0 saturated carbocycles. The summed E-state index contributed by atoms with van der Waals surface area (Å²) >= 11 is 5.90. The lowest BCUT2D eigenvalue weighted by atomic mass is 9.98. The summed E-state index contributed by atoms with van der Waals surface area (Å²) in [4.78, 5) is 29.4. The fourth-order valence-electron chi connectivity index (χ4n) is 4.00. The molecule has 2 aliphatic rings. The Morgan fingerprint density at radius 2 is 1.77 bits per heavy atom. The number of rotatable bonds is 5. The fraction of sp³-hybridized carbons (Fsp3) is 0.619. The number of hydrogen-bond acceptors (Lipinski definition) is 2. The average molecular weight is 377 g/mol. The largest absolute Gasteiger partial charge is 0.341 e. The number of benzene rings is 1. The van der Waals surface area contributed by atoms with E-state index in [1.54, 1.807) is 0 Å². The molecule has 2 aliphatic heterocycles. The van der Waals surface area contributed by atoms with Crippen molar-refractivity contribution in [1.29, 1.82) is 0 Å². The number of hydrogen-bond donors (Lipinski definition) is 0. The summed E-state index contributed by atoms with van der Waals surface area (Å²) in [5.74, 6) is 0.994. The molecule has 2 amide bonds. The highest BCUT2D eigenvalue weighted by Crippen LogP contribution is 2.24. The molecule has 2 fully saturated rings. The third-order valence-electron chi connectivity index (χ3n) is 5.72. The Morgan fingerprint density at radius 1 is 1.08 bits per heavy atom. The zero-order chi connectivity index (χ0) is 18.5. The van der Waals surface area contributed by atoms with Crippen molar-refractivity contribution in [3.63, 3.8) is 0 Å². The molecule has 0 radical (unpaired) electrons. The molecule has 2 saturated heterocycles. The van der Waals surface area contributed by atoms with Crippen molar-refractivity contribution < 1.29 is 9.59 Å². The molecular formula is C21H29ClN2O2. The maximum atomic E-state index is 12.9. The highest BCUT2D eigenvalue weighted by atomic mass is 35.5. The third-order valence-corrected chi connectivity index (χ3v) is 5.97. The molecule has 2 heterocycles. The van der Waals surface area contributed by atoms with Gasteiger partial charge in [-0.25, -0.2) is 0 Å². The summed E-state index contributed by atoms with van der Waals surface area (Å²) in [5.41, 5.74) is 1.19. The molecule has 1 aromatic rings. The lowest BCUT2D eigenvalue weighted by Crippen LogP contribution is -2.49. The second kappa shape index (κ2) is 8.90. The van der Waals surface area contributed by atoms with Crippen LogP contribution in [0.1, 0.15) is 51.0 Å². The van der Waals surface area contributed by atoms with E-state index in [-0.39, 0.29) is 17.9 Å². The number of halogens is 1. The maximum absolute atomic E-state index is 12.9. The summed E-state index contributed by atoms with van der Waals surface area (Å²) in [5, 5.41) is 0.732. The van der Waals surface area contributed by atoms with E-state index in [9.17, 15) is 9.59 Å². The molecule has 0 unspecified atom stereocenters. The van der Waals surface area contributed by atoms with Gasteiger partial charge in [0, 0.05) is 31.1 Å². The van der Waals surface area contributed by atoms with Crippen LogP contribution in [0.3, 0.4) is 0 Å². The Bertz CT molecular complexity index is 623. The number of nitrogens with zero attached hydrogens (tertiary/aromatic N) is 2. The molecule has 0 spiro atoms. The van der Waals surface area contributed by atoms with Gasteiger partial charge in [0.1, 0.15) is 6.04 Å². The quantitative estimate of drug-likeness (QED) is 0.781. The van der Waals surface area contributed by atoms with Crippen molar-refractivity contribution in [2.24, 2.45) is 5.92 Å². The van der Waals surface area contributed by atoms with E-state index in [4.69, 9.17) is 11.6 Å². The van der Waals surface area contributed by atoms with Crippen molar-refractivity contribution in [2.75, 3.05) is 19.6 Å². The molecule has 142 valence electrons. The second-order valence-electron chi connectivity index (χ2n) is 7.73. The standard InChI is InChI=1S/C21H29ClN2O2/c1-16-11-14-23(15-12-16)21(26)19-5-3-13-24(19)20(25)6-2-4-17-7-9-18(22)10-8-17/h7-10,16,19H,2-6,11-15H2,1H3/t19-/m0/s1. The number of piperidine rings is 1. The SMILES string of the molecule is CC1CCN(C(=O)[C@@H]2CCCN2C(=O)CCCc2ccc(Cl)cc2)CC1. The van der Waals surface area contributed by atoms with Crippen molar-refractivity contribution in [1.82, 2.24) is 9.80 Å². The Kier molecular flexibility index (Phi) is 6.58. The topological polar surface area (TPSA) is 40.6 Å². The number of carbonyl (C=O) groups excluding carboxylic acids is 2. The smallest absolute Gasteiger partial charge is 0.245 e. The zero-order valence-electron chi connectivity index (χ0n) is 15.6. The van der Waals surface area contributed by atoms with E-state index in [1.807, 2.05) is 34.1 Å². The number of amides is 2. The molecule has 3 rings (SSSR count). The van der Waals surface area contributed by atoms with Gasteiger partial charge < -0.3 is 9.80 Å². The number of carbonyl (C=O) groups is 2. The minimum Gasteiger partial charge on any atom is -0.341 e. The van der Waals surface area contributed by atoms with E-state index in [2.05, 4.69) is 6.92 Å². The van der Waals surface area contributed by atoms with Gasteiger partial charge in [-0.05, 0) is 62.1 Å². The summed E-state index contributed by atoms with van der Waals surface area (Å²) < 4.78 is 0. The molecule has 26 heavy (non-hydrogen) atoms. The van der Waals surface area contributed by atoms with Crippen LogP contribution < -0.4 is 0 Å². The molecule has 5 heteroatoms. The van der Waals surface area contributed by atoms with E-state index < -0.39 is 0 Å². The molecular weight excluding hydrogens is 348 g/mol. The fourth-order valence-corrected chi connectivity index (χ4v) is 4.13. The van der Waals surface area contributed by atoms with Crippen molar-refractivity contribution in [3.05, 3.63) is 34.9 Å². The molecule has 0 N–H and O–H groups in total. The third kappa shape index (κ3) is 4.79. The van der Waals surface area contributed by atoms with Gasteiger partial charge in [0.05, 0.1) is 0 Å². The summed E-state index contributed by atoms with van der Waals surface area (Å²) in [6.07, 6.45) is 6.07. The molecule has 4 nitrogen and oxygen atoms in total. The highest BCUT2D eigenvalue weighted by molar-refractivity contribution is 6.30. The van der Waals surface area contributed by atoms with Gasteiger partial charge in [-0.3, -0.25) is 9.59 Å². The lowest BCUT2D eigenvalue weighted by Gasteiger charge is -2.34. The first-order valence-corrected chi connectivity index (χ1v) is 10.2. The Labute approximate surface area is 161 Å². The first-order valence-electron chi connectivity index (χ1n) is 9.87. The normalized spacial score (nSPS) is 21.2. The number of likely N-dealkylation sites (tertiary alicyclic amines) is 2. The Hall–Kier alpha value is -1.55. The van der Waals surface area contributed by atoms with Crippen LogP contribution in [0, 0.1) is 5.92 Å². The van der Waals surface area contributed by atoms with Crippen LogP contribution in [0.2, 0.25) is 5.02 Å². The van der Waals surface area contributed by atoms with Gasteiger partial charge in [0.25, 0.3) is 0 Å². The van der Waals surface area contributed by atoms with Gasteiger partial charge in [0.15, 0.2) is 0 Å². The minimum atomic E-state index is -0.230. The Morgan fingerprint density at radius 3 is 2.46 bits per heavy atom. The number of aryl methyl sites for hydroxylation is 1. The van der Waals surface area contributed by atoms with Crippen LogP contribution in [0.5, 0.6) is 0 Å². The highest BCUT2D eigenvalue weighted by Gasteiger charge is 2.36. The van der Waals surface area contributed by atoms with Gasteiger partial charge in [0.2, 0.25) is 11.8 Å². The van der Waals surface area contributed by atoms with Crippen LogP contribution in [0.15, 0.2) is 24.3 Å². The molecule has 0 aromatic heterocycles. The predicted octanol–water partition coefficient (Wildman–Crippen LogP) is 3.91. The second-order valence-corrected chi connectivity index (χ2v) is 8.17.